The fraction of sp³-hybridized carbons (Fsp3) is 0.463. The molecule has 0 spiro atoms. The molecule has 9 rings (SSSR count). The van der Waals surface area contributed by atoms with E-state index >= 15 is 8.78 Å². The summed E-state index contributed by atoms with van der Waals surface area (Å²) in [6, 6.07) is 18.4. The fourth-order valence-corrected chi connectivity index (χ4v) is 11.6. The topological polar surface area (TPSA) is 176 Å². The van der Waals surface area contributed by atoms with Crippen LogP contribution in [0.4, 0.5) is 19.3 Å². The van der Waals surface area contributed by atoms with Crippen LogP contribution in [0.1, 0.15) is 84.8 Å². The number of urea groups is 1. The molecule has 4 aromatic carbocycles. The predicted molar refractivity (Wildman–Crippen MR) is 267 cm³/mol. The Morgan fingerprint density at radius 1 is 0.889 bits per heavy atom. The molecule has 382 valence electrons. The summed E-state index contributed by atoms with van der Waals surface area (Å²) in [5.74, 6) is -2.47. The number of nitrogens with one attached hydrogen (secondary N) is 2. The molecule has 15 nitrogen and oxygen atoms in total. The number of aryl methyl sites for hydroxylation is 1. The van der Waals surface area contributed by atoms with Crippen molar-refractivity contribution in [1.29, 1.82) is 0 Å². The van der Waals surface area contributed by atoms with Crippen molar-refractivity contribution in [2.24, 2.45) is 17.6 Å². The van der Waals surface area contributed by atoms with Crippen molar-refractivity contribution in [2.45, 2.75) is 76.4 Å². The standard InChI is InChI=1S/C54H62ClF2N7O8/c1-32-9-14-38(27-41(32)64-22-19-44(65)60-53(64)69)71-30-45(66)62-20-17-34(18-21-62)29-61-23-25-63(26-24-61)52(68)35-10-12-37(13-11-35)59-31-54(36-7-5-4-6-8-36)33(2)46-43(72-54)28-40(56)49(55)48(46)47-39(51(58)67)15-16-42(70-3)50(47)57/h4-9,14-16,27-28,33-35,37,59H,10-13,17-26,29-31H2,1-3H3,(H2,58,67)(H,60,65,69)/t33-,35?,37?,54-/m0/s1. The van der Waals surface area contributed by atoms with Crippen LogP contribution in [0.2, 0.25) is 5.02 Å². The van der Waals surface area contributed by atoms with Crippen LogP contribution in [-0.2, 0) is 20.0 Å². The molecule has 0 unspecified atom stereocenters. The van der Waals surface area contributed by atoms with E-state index in [1.165, 1.54) is 30.2 Å². The quantitative estimate of drug-likeness (QED) is 0.118. The third-order valence-electron chi connectivity index (χ3n) is 15.5. The van der Waals surface area contributed by atoms with Crippen LogP contribution in [0, 0.1) is 30.4 Å². The number of methoxy groups -OCH3 is 1. The van der Waals surface area contributed by atoms with E-state index in [9.17, 15) is 24.0 Å². The number of piperidine rings is 1. The average molecular weight is 1010 g/mol. The monoisotopic (exact) mass is 1010 g/mol. The van der Waals surface area contributed by atoms with Gasteiger partial charge in [-0.25, -0.2) is 13.6 Å². The van der Waals surface area contributed by atoms with Gasteiger partial charge in [0, 0.05) is 112 Å². The number of piperazine rings is 1. The summed E-state index contributed by atoms with van der Waals surface area (Å²) in [4.78, 5) is 71.7. The molecule has 0 bridgehead atoms. The number of benzene rings is 4. The zero-order valence-electron chi connectivity index (χ0n) is 40.9. The van der Waals surface area contributed by atoms with E-state index in [1.807, 2.05) is 60.0 Å². The van der Waals surface area contributed by atoms with Crippen LogP contribution in [0.25, 0.3) is 11.1 Å². The third-order valence-corrected chi connectivity index (χ3v) is 15.9. The molecular weight excluding hydrogens is 948 g/mol. The van der Waals surface area contributed by atoms with Crippen LogP contribution in [-0.4, -0.2) is 123 Å². The van der Waals surface area contributed by atoms with E-state index in [-0.39, 0.29) is 82.5 Å². The first kappa shape index (κ1) is 50.6. The lowest BCUT2D eigenvalue weighted by molar-refractivity contribution is -0.138. The number of carbonyl (C=O) groups excluding carboxylic acids is 5. The molecule has 5 aliphatic rings. The Morgan fingerprint density at radius 3 is 2.29 bits per heavy atom. The second kappa shape index (κ2) is 21.4. The van der Waals surface area contributed by atoms with Crippen molar-refractivity contribution in [3.8, 4) is 28.4 Å². The van der Waals surface area contributed by atoms with Crippen LogP contribution in [0.15, 0.2) is 66.7 Å². The van der Waals surface area contributed by atoms with Crippen LogP contribution >= 0.6 is 11.6 Å². The summed E-state index contributed by atoms with van der Waals surface area (Å²) in [6.45, 7) is 9.47. The molecule has 4 heterocycles. The normalized spacial score (nSPS) is 22.8. The number of likely N-dealkylation sites (tertiary alicyclic amines) is 1. The highest BCUT2D eigenvalue weighted by Gasteiger charge is 2.50. The van der Waals surface area contributed by atoms with E-state index in [4.69, 9.17) is 31.5 Å². The van der Waals surface area contributed by atoms with Gasteiger partial charge in [-0.15, -0.1) is 0 Å². The van der Waals surface area contributed by atoms with Crippen molar-refractivity contribution < 1.29 is 47.0 Å². The number of nitrogens with two attached hydrogens (primary N) is 1. The number of fused-ring (bicyclic) bond motifs is 1. The smallest absolute Gasteiger partial charge is 0.328 e. The Hall–Kier alpha value is -6.30. The van der Waals surface area contributed by atoms with E-state index in [2.05, 4.69) is 15.5 Å². The second-order valence-corrected chi connectivity index (χ2v) is 20.2. The molecule has 4 aliphatic heterocycles. The van der Waals surface area contributed by atoms with Crippen LogP contribution in [0.3, 0.4) is 0 Å². The number of primary amides is 1. The summed E-state index contributed by atoms with van der Waals surface area (Å²) in [7, 11) is 1.30. The average Bonchev–Trinajstić information content (AvgIpc) is 3.67. The van der Waals surface area contributed by atoms with Gasteiger partial charge in [-0.1, -0.05) is 54.9 Å². The zero-order valence-corrected chi connectivity index (χ0v) is 41.7. The SMILES string of the molecule is COc1ccc(C(N)=O)c(-c2c(Cl)c(F)cc3c2[C@H](C)[C@@](CNC2CCC(C(=O)N4CCN(CC5CCN(C(=O)COc6ccc(C)c(N7CCC(=O)NC7=O)c6)CC5)CC4)CC2)(c2ccccc2)O3)c1F. The molecule has 1 saturated carbocycles. The first-order valence-corrected chi connectivity index (χ1v) is 25.3. The zero-order chi connectivity index (χ0) is 50.8. The van der Waals surface area contributed by atoms with E-state index in [0.29, 0.717) is 55.6 Å². The Kier molecular flexibility index (Phi) is 15.1. The number of anilines is 1. The largest absolute Gasteiger partial charge is 0.494 e. The number of hydrogen-bond donors (Lipinski definition) is 3. The summed E-state index contributed by atoms with van der Waals surface area (Å²) >= 11 is 6.70. The highest BCUT2D eigenvalue weighted by molar-refractivity contribution is 6.34. The number of halogens is 3. The number of rotatable bonds is 14. The molecule has 4 fully saturated rings. The number of nitrogens with zero attached hydrogens (tertiary/aromatic N) is 4. The van der Waals surface area contributed by atoms with Crippen molar-refractivity contribution >= 4 is 46.9 Å². The van der Waals surface area contributed by atoms with E-state index in [1.54, 1.807) is 12.1 Å². The van der Waals surface area contributed by atoms with Gasteiger partial charge in [0.1, 0.15) is 17.3 Å². The molecule has 18 heteroatoms. The molecule has 4 aromatic rings. The third kappa shape index (κ3) is 10.2. The molecule has 72 heavy (non-hydrogen) atoms. The van der Waals surface area contributed by atoms with Gasteiger partial charge in [0.05, 0.1) is 23.4 Å². The highest BCUT2D eigenvalue weighted by Crippen LogP contribution is 2.56. The maximum atomic E-state index is 16.2. The lowest BCUT2D eigenvalue weighted by Gasteiger charge is -2.40. The maximum Gasteiger partial charge on any atom is 0.328 e. The summed E-state index contributed by atoms with van der Waals surface area (Å²) in [6.07, 6.45) is 5.00. The van der Waals surface area contributed by atoms with Crippen molar-refractivity contribution in [3.63, 3.8) is 0 Å². The first-order valence-electron chi connectivity index (χ1n) is 25.0. The van der Waals surface area contributed by atoms with Crippen LogP contribution < -0.4 is 35.5 Å². The molecular formula is C54H62ClF2N7O8. The lowest BCUT2D eigenvalue weighted by atomic mass is 9.77. The van der Waals surface area contributed by atoms with Gasteiger partial charge >= 0.3 is 6.03 Å². The Balaban J connectivity index is 0.749. The van der Waals surface area contributed by atoms with E-state index < -0.39 is 35.1 Å². The maximum absolute atomic E-state index is 16.2. The number of amides is 6. The Morgan fingerprint density at radius 2 is 1.61 bits per heavy atom. The van der Waals surface area contributed by atoms with Gasteiger partial charge in [-0.2, -0.15) is 0 Å². The van der Waals surface area contributed by atoms with E-state index in [0.717, 1.165) is 69.3 Å². The minimum absolute atomic E-state index is 0.0108. The summed E-state index contributed by atoms with van der Waals surface area (Å²) < 4.78 is 49.9. The molecule has 1 aliphatic carbocycles. The number of imide groups is 1. The number of ether oxygens (including phenoxy) is 3. The minimum atomic E-state index is -1.08. The van der Waals surface area contributed by atoms with Crippen molar-refractivity contribution in [2.75, 3.05) is 77.5 Å². The van der Waals surface area contributed by atoms with Gasteiger partial charge < -0.3 is 35.1 Å². The van der Waals surface area contributed by atoms with Crippen LogP contribution in [0.5, 0.6) is 17.2 Å². The second-order valence-electron chi connectivity index (χ2n) is 19.8. The van der Waals surface area contributed by atoms with Crippen molar-refractivity contribution in [1.82, 2.24) is 25.3 Å². The summed E-state index contributed by atoms with van der Waals surface area (Å²) in [5.41, 5.74) is 6.98. The fourth-order valence-electron chi connectivity index (χ4n) is 11.4. The lowest BCUT2D eigenvalue weighted by Crippen LogP contribution is -2.53. The van der Waals surface area contributed by atoms with Gasteiger partial charge in [0.2, 0.25) is 17.7 Å². The molecule has 0 radical (unpaired) electrons. The van der Waals surface area contributed by atoms with Gasteiger partial charge in [0.25, 0.3) is 5.91 Å². The Bertz CT molecular complexity index is 2720. The highest BCUT2D eigenvalue weighted by atomic mass is 35.5. The molecule has 4 N–H and O–H groups in total. The predicted octanol–water partition coefficient (Wildman–Crippen LogP) is 7.15. The van der Waals surface area contributed by atoms with Gasteiger partial charge in [-0.3, -0.25) is 34.3 Å². The first-order chi connectivity index (χ1) is 34.6. The van der Waals surface area contributed by atoms with Gasteiger partial charge in [0.15, 0.2) is 23.8 Å². The molecule has 3 saturated heterocycles. The minimum Gasteiger partial charge on any atom is -0.494 e. The molecule has 0 aromatic heterocycles. The molecule has 2 atom stereocenters. The summed E-state index contributed by atoms with van der Waals surface area (Å²) in [5, 5.41) is 5.72. The number of hydrogen-bond acceptors (Lipinski definition) is 10. The molecule has 6 amide bonds. The Labute approximate surface area is 423 Å². The number of carbonyl (C=O) groups is 5. The van der Waals surface area contributed by atoms with Crippen molar-refractivity contribution in [3.05, 3.63) is 106 Å². The van der Waals surface area contributed by atoms with Gasteiger partial charge in [-0.05, 0) is 80.7 Å².